The predicted molar refractivity (Wildman–Crippen MR) is 51.5 cm³/mol. The molecule has 2 aromatic rings. The van der Waals surface area contributed by atoms with Gasteiger partial charge in [-0.3, -0.25) is 0 Å². The van der Waals surface area contributed by atoms with Crippen LogP contribution in [0.25, 0.3) is 5.65 Å². The number of nitrogen functional groups attached to an aromatic ring is 1. The molecule has 0 unspecified atom stereocenters. The Morgan fingerprint density at radius 2 is 2.43 bits per heavy atom. The molecule has 2 aromatic heterocycles. The van der Waals surface area contributed by atoms with E-state index in [-0.39, 0.29) is 0 Å². The SMILES string of the molecule is CCc1cc2ncc(C#N)c(N)n2n1. The zero-order valence-electron chi connectivity index (χ0n) is 7.73. The standard InChI is InChI=1S/C9H9N5/c1-2-7-3-8-12-5-6(4-10)9(11)14(8)13-7/h3,5H,2,11H2,1H3. The van der Waals surface area contributed by atoms with Gasteiger partial charge in [-0.25, -0.2) is 4.98 Å². The number of hydrogen-bond acceptors (Lipinski definition) is 4. The van der Waals surface area contributed by atoms with Crippen molar-refractivity contribution in [3.05, 3.63) is 23.5 Å². The van der Waals surface area contributed by atoms with Crippen molar-refractivity contribution in [3.8, 4) is 6.07 Å². The van der Waals surface area contributed by atoms with E-state index in [2.05, 4.69) is 10.1 Å². The molecule has 0 bridgehead atoms. The number of anilines is 1. The lowest BCUT2D eigenvalue weighted by molar-refractivity contribution is 0.894. The van der Waals surface area contributed by atoms with Crippen LogP contribution in [0.15, 0.2) is 12.3 Å². The van der Waals surface area contributed by atoms with E-state index in [1.165, 1.54) is 10.7 Å². The summed E-state index contributed by atoms with van der Waals surface area (Å²) in [7, 11) is 0. The monoisotopic (exact) mass is 187 g/mol. The third kappa shape index (κ3) is 1.09. The van der Waals surface area contributed by atoms with Gasteiger partial charge in [-0.1, -0.05) is 6.92 Å². The molecule has 0 atom stereocenters. The van der Waals surface area contributed by atoms with E-state index in [1.807, 2.05) is 19.1 Å². The van der Waals surface area contributed by atoms with E-state index in [1.54, 1.807) is 0 Å². The molecule has 0 saturated heterocycles. The van der Waals surface area contributed by atoms with Gasteiger partial charge in [-0.05, 0) is 6.42 Å². The summed E-state index contributed by atoms with van der Waals surface area (Å²) in [5.74, 6) is 0.345. The number of aromatic nitrogens is 3. The molecule has 0 spiro atoms. The molecule has 2 rings (SSSR count). The first-order chi connectivity index (χ1) is 6.76. The Labute approximate surface area is 80.8 Å². The molecule has 2 N–H and O–H groups in total. The summed E-state index contributed by atoms with van der Waals surface area (Å²) in [6.45, 7) is 2.00. The van der Waals surface area contributed by atoms with Gasteiger partial charge in [0.05, 0.1) is 11.9 Å². The van der Waals surface area contributed by atoms with Crippen LogP contribution in [0.1, 0.15) is 18.2 Å². The lowest BCUT2D eigenvalue weighted by Crippen LogP contribution is -2.03. The van der Waals surface area contributed by atoms with E-state index in [0.29, 0.717) is 17.0 Å². The molecule has 0 aliphatic rings. The second kappa shape index (κ2) is 3.00. The molecular formula is C9H9N5. The highest BCUT2D eigenvalue weighted by atomic mass is 15.3. The quantitative estimate of drug-likeness (QED) is 0.714. The van der Waals surface area contributed by atoms with Crippen LogP contribution in [0.4, 0.5) is 5.82 Å². The van der Waals surface area contributed by atoms with Crippen LogP contribution in [-0.4, -0.2) is 14.6 Å². The first-order valence-electron chi connectivity index (χ1n) is 4.29. The van der Waals surface area contributed by atoms with Crippen molar-refractivity contribution in [1.82, 2.24) is 14.6 Å². The van der Waals surface area contributed by atoms with E-state index < -0.39 is 0 Å². The number of nitriles is 1. The van der Waals surface area contributed by atoms with Gasteiger partial charge in [-0.15, -0.1) is 0 Å². The molecule has 5 heteroatoms. The lowest BCUT2D eigenvalue weighted by Gasteiger charge is -1.98. The Bertz CT molecular complexity index is 520. The largest absolute Gasteiger partial charge is 0.382 e. The van der Waals surface area contributed by atoms with Crippen LogP contribution < -0.4 is 5.73 Å². The van der Waals surface area contributed by atoms with Crippen molar-refractivity contribution >= 4 is 11.5 Å². The molecule has 0 amide bonds. The fourth-order valence-electron chi connectivity index (χ4n) is 1.26. The second-order valence-electron chi connectivity index (χ2n) is 2.93. The summed E-state index contributed by atoms with van der Waals surface area (Å²) < 4.78 is 1.50. The summed E-state index contributed by atoms with van der Waals surface area (Å²) in [4.78, 5) is 4.08. The van der Waals surface area contributed by atoms with Gasteiger partial charge in [0, 0.05) is 6.07 Å². The Hall–Kier alpha value is -2.09. The molecule has 0 aliphatic carbocycles. The Morgan fingerprint density at radius 3 is 3.07 bits per heavy atom. The first kappa shape index (κ1) is 8.51. The van der Waals surface area contributed by atoms with Gasteiger partial charge in [0.15, 0.2) is 5.65 Å². The highest BCUT2D eigenvalue weighted by Gasteiger charge is 2.07. The van der Waals surface area contributed by atoms with E-state index >= 15 is 0 Å². The van der Waals surface area contributed by atoms with Gasteiger partial charge in [0.1, 0.15) is 17.5 Å². The molecule has 0 fully saturated rings. The molecular weight excluding hydrogens is 178 g/mol. The average molecular weight is 187 g/mol. The molecule has 14 heavy (non-hydrogen) atoms. The van der Waals surface area contributed by atoms with Crippen LogP contribution in [0.5, 0.6) is 0 Å². The smallest absolute Gasteiger partial charge is 0.157 e. The molecule has 0 aliphatic heterocycles. The fraction of sp³-hybridized carbons (Fsp3) is 0.222. The normalized spacial score (nSPS) is 10.3. The zero-order valence-corrected chi connectivity index (χ0v) is 7.73. The maximum atomic E-state index is 8.73. The Kier molecular flexibility index (Phi) is 1.82. The molecule has 0 radical (unpaired) electrons. The number of nitrogens with two attached hydrogens (primary N) is 1. The summed E-state index contributed by atoms with van der Waals surface area (Å²) in [5.41, 5.74) is 7.68. The Balaban J connectivity index is 2.76. The lowest BCUT2D eigenvalue weighted by atomic mass is 10.3. The van der Waals surface area contributed by atoms with Crippen LogP contribution in [0.3, 0.4) is 0 Å². The summed E-state index contributed by atoms with van der Waals surface area (Å²) >= 11 is 0. The topological polar surface area (TPSA) is 80.0 Å². The minimum Gasteiger partial charge on any atom is -0.382 e. The molecule has 5 nitrogen and oxygen atoms in total. The molecule has 70 valence electrons. The predicted octanol–water partition coefficient (Wildman–Crippen LogP) is 0.746. The maximum Gasteiger partial charge on any atom is 0.157 e. The van der Waals surface area contributed by atoms with Crippen molar-refractivity contribution in [2.75, 3.05) is 5.73 Å². The van der Waals surface area contributed by atoms with Crippen LogP contribution in [0.2, 0.25) is 0 Å². The van der Waals surface area contributed by atoms with Crippen molar-refractivity contribution in [3.63, 3.8) is 0 Å². The van der Waals surface area contributed by atoms with Gasteiger partial charge in [0.2, 0.25) is 0 Å². The molecule has 2 heterocycles. The number of aryl methyl sites for hydroxylation is 1. The third-order valence-electron chi connectivity index (χ3n) is 2.05. The van der Waals surface area contributed by atoms with E-state index in [9.17, 15) is 0 Å². The summed E-state index contributed by atoms with van der Waals surface area (Å²) in [5, 5.41) is 12.9. The van der Waals surface area contributed by atoms with Crippen LogP contribution >= 0.6 is 0 Å². The summed E-state index contributed by atoms with van der Waals surface area (Å²) in [6.07, 6.45) is 2.29. The van der Waals surface area contributed by atoms with E-state index in [0.717, 1.165) is 12.1 Å². The molecule has 0 saturated carbocycles. The van der Waals surface area contributed by atoms with Gasteiger partial charge >= 0.3 is 0 Å². The second-order valence-corrected chi connectivity index (χ2v) is 2.93. The summed E-state index contributed by atoms with van der Waals surface area (Å²) in [6, 6.07) is 3.82. The Morgan fingerprint density at radius 1 is 1.64 bits per heavy atom. The zero-order chi connectivity index (χ0) is 10.1. The van der Waals surface area contributed by atoms with Crippen molar-refractivity contribution in [2.45, 2.75) is 13.3 Å². The van der Waals surface area contributed by atoms with Gasteiger partial charge in [-0.2, -0.15) is 14.9 Å². The minimum absolute atomic E-state index is 0.345. The molecule has 0 aromatic carbocycles. The highest BCUT2D eigenvalue weighted by molar-refractivity contribution is 5.54. The van der Waals surface area contributed by atoms with Crippen molar-refractivity contribution in [2.24, 2.45) is 0 Å². The van der Waals surface area contributed by atoms with Crippen LogP contribution in [-0.2, 0) is 6.42 Å². The average Bonchev–Trinajstić information content (AvgIpc) is 2.62. The van der Waals surface area contributed by atoms with Crippen molar-refractivity contribution in [1.29, 1.82) is 5.26 Å². The first-order valence-corrected chi connectivity index (χ1v) is 4.29. The highest BCUT2D eigenvalue weighted by Crippen LogP contribution is 2.12. The van der Waals surface area contributed by atoms with Gasteiger partial charge < -0.3 is 5.73 Å². The number of rotatable bonds is 1. The number of nitrogens with zero attached hydrogens (tertiary/aromatic N) is 4. The van der Waals surface area contributed by atoms with E-state index in [4.69, 9.17) is 11.0 Å². The number of fused-ring (bicyclic) bond motifs is 1. The maximum absolute atomic E-state index is 8.73. The number of hydrogen-bond donors (Lipinski definition) is 1. The third-order valence-corrected chi connectivity index (χ3v) is 2.05. The minimum atomic E-state index is 0.345. The van der Waals surface area contributed by atoms with Crippen molar-refractivity contribution < 1.29 is 0 Å². The van der Waals surface area contributed by atoms with Crippen LogP contribution in [0, 0.1) is 11.3 Å². The van der Waals surface area contributed by atoms with Gasteiger partial charge in [0.25, 0.3) is 0 Å². The fourth-order valence-corrected chi connectivity index (χ4v) is 1.26.